The second-order valence-electron chi connectivity index (χ2n) is 2.91. The Morgan fingerprint density at radius 2 is 2.07 bits per heavy atom. The lowest BCUT2D eigenvalue weighted by Crippen LogP contribution is -2.17. The number of aliphatic carboxylic acids is 1. The van der Waals surface area contributed by atoms with E-state index in [4.69, 9.17) is 16.7 Å². The number of rotatable bonds is 5. The summed E-state index contributed by atoms with van der Waals surface area (Å²) in [6.07, 6.45) is 0.129. The van der Waals surface area contributed by atoms with Crippen molar-refractivity contribution in [1.29, 1.82) is 0 Å². The zero-order valence-corrected chi connectivity index (χ0v) is 9.64. The quantitative estimate of drug-likeness (QED) is 0.788. The van der Waals surface area contributed by atoms with Crippen LogP contribution >= 0.6 is 24.0 Å². The summed E-state index contributed by atoms with van der Waals surface area (Å²) in [6.45, 7) is 1.06. The van der Waals surface area contributed by atoms with Crippen LogP contribution in [-0.4, -0.2) is 17.6 Å². The first kappa shape index (κ1) is 14.2. The van der Waals surface area contributed by atoms with Crippen LogP contribution in [0.1, 0.15) is 12.0 Å². The molecule has 1 rings (SSSR count). The lowest BCUT2D eigenvalue weighted by Gasteiger charge is -2.04. The number of benzene rings is 1. The minimum Gasteiger partial charge on any atom is -0.481 e. The van der Waals surface area contributed by atoms with Gasteiger partial charge in [-0.25, -0.2) is 0 Å². The van der Waals surface area contributed by atoms with E-state index in [1.807, 2.05) is 24.3 Å². The van der Waals surface area contributed by atoms with Gasteiger partial charge in [0.2, 0.25) is 0 Å². The number of carboxylic acid groups (broad SMARTS) is 1. The number of nitrogens with one attached hydrogen (secondary N) is 1. The van der Waals surface area contributed by atoms with Gasteiger partial charge in [0.25, 0.3) is 0 Å². The Morgan fingerprint density at radius 3 is 2.67 bits per heavy atom. The summed E-state index contributed by atoms with van der Waals surface area (Å²) in [4.78, 5) is 10.2. The molecule has 0 spiro atoms. The summed E-state index contributed by atoms with van der Waals surface area (Å²) in [5.74, 6) is -0.795. The average molecular weight is 250 g/mol. The van der Waals surface area contributed by atoms with E-state index in [9.17, 15) is 4.79 Å². The summed E-state index contributed by atoms with van der Waals surface area (Å²) < 4.78 is 0. The maximum Gasteiger partial charge on any atom is 0.304 e. The normalized spacial score (nSPS) is 9.40. The number of carboxylic acids is 1. The van der Waals surface area contributed by atoms with Crippen LogP contribution in [-0.2, 0) is 11.3 Å². The van der Waals surface area contributed by atoms with Gasteiger partial charge in [-0.3, -0.25) is 4.79 Å². The minimum atomic E-state index is -0.795. The zero-order valence-electron chi connectivity index (χ0n) is 8.07. The van der Waals surface area contributed by atoms with Crippen LogP contribution in [0.3, 0.4) is 0 Å². The molecule has 84 valence electrons. The molecular formula is C10H13Cl2NO2. The molecule has 1 aromatic carbocycles. The molecule has 0 aromatic heterocycles. The average Bonchev–Trinajstić information content (AvgIpc) is 2.15. The van der Waals surface area contributed by atoms with Crippen molar-refractivity contribution in [1.82, 2.24) is 5.32 Å². The van der Waals surface area contributed by atoms with Crippen LogP contribution in [0.4, 0.5) is 0 Å². The Morgan fingerprint density at radius 1 is 1.40 bits per heavy atom. The SMILES string of the molecule is Cl.O=C(O)CCNCc1ccccc1Cl. The van der Waals surface area contributed by atoms with Crippen LogP contribution < -0.4 is 5.32 Å². The largest absolute Gasteiger partial charge is 0.481 e. The van der Waals surface area contributed by atoms with Crippen LogP contribution in [0, 0.1) is 0 Å². The summed E-state index contributed by atoms with van der Waals surface area (Å²) in [6, 6.07) is 7.50. The van der Waals surface area contributed by atoms with Crippen molar-refractivity contribution in [3.63, 3.8) is 0 Å². The molecule has 0 aliphatic heterocycles. The van der Waals surface area contributed by atoms with Gasteiger partial charge >= 0.3 is 5.97 Å². The molecule has 5 heteroatoms. The van der Waals surface area contributed by atoms with E-state index >= 15 is 0 Å². The van der Waals surface area contributed by atoms with Gasteiger partial charge in [0.05, 0.1) is 6.42 Å². The lowest BCUT2D eigenvalue weighted by atomic mass is 10.2. The Bertz CT molecular complexity index is 318. The third kappa shape index (κ3) is 5.62. The first-order valence-corrected chi connectivity index (χ1v) is 4.74. The lowest BCUT2D eigenvalue weighted by molar-refractivity contribution is -0.136. The van der Waals surface area contributed by atoms with E-state index < -0.39 is 5.97 Å². The van der Waals surface area contributed by atoms with Crippen molar-refractivity contribution < 1.29 is 9.90 Å². The third-order valence-corrected chi connectivity index (χ3v) is 2.16. The van der Waals surface area contributed by atoms with Gasteiger partial charge in [-0.15, -0.1) is 12.4 Å². The predicted molar refractivity (Wildman–Crippen MR) is 62.7 cm³/mol. The molecule has 0 saturated carbocycles. The monoisotopic (exact) mass is 249 g/mol. The minimum absolute atomic E-state index is 0. The molecule has 0 fully saturated rings. The highest BCUT2D eigenvalue weighted by molar-refractivity contribution is 6.31. The molecular weight excluding hydrogens is 237 g/mol. The van der Waals surface area contributed by atoms with Gasteiger partial charge < -0.3 is 10.4 Å². The molecule has 0 unspecified atom stereocenters. The van der Waals surface area contributed by atoms with E-state index in [0.717, 1.165) is 5.56 Å². The van der Waals surface area contributed by atoms with Crippen molar-refractivity contribution in [2.24, 2.45) is 0 Å². The fraction of sp³-hybridized carbons (Fsp3) is 0.300. The zero-order chi connectivity index (χ0) is 10.4. The predicted octanol–water partition coefficient (Wildman–Crippen LogP) is 2.33. The Labute approximate surface area is 99.9 Å². The fourth-order valence-corrected chi connectivity index (χ4v) is 1.26. The maximum absolute atomic E-state index is 10.2. The Kier molecular flexibility index (Phi) is 7.13. The van der Waals surface area contributed by atoms with Crippen molar-refractivity contribution in [2.75, 3.05) is 6.54 Å². The molecule has 0 bridgehead atoms. The van der Waals surface area contributed by atoms with Crippen LogP contribution in [0.15, 0.2) is 24.3 Å². The second kappa shape index (κ2) is 7.51. The van der Waals surface area contributed by atoms with E-state index in [1.165, 1.54) is 0 Å². The molecule has 0 radical (unpaired) electrons. The van der Waals surface area contributed by atoms with Crippen molar-refractivity contribution >= 4 is 30.0 Å². The maximum atomic E-state index is 10.2. The summed E-state index contributed by atoms with van der Waals surface area (Å²) in [5.41, 5.74) is 0.986. The number of hydrogen-bond donors (Lipinski definition) is 2. The molecule has 0 heterocycles. The molecule has 0 amide bonds. The van der Waals surface area contributed by atoms with Gasteiger partial charge in [-0.1, -0.05) is 29.8 Å². The highest BCUT2D eigenvalue weighted by atomic mass is 35.5. The Balaban J connectivity index is 0.00000196. The smallest absolute Gasteiger partial charge is 0.304 e. The van der Waals surface area contributed by atoms with Crippen molar-refractivity contribution in [3.05, 3.63) is 34.9 Å². The van der Waals surface area contributed by atoms with Crippen molar-refractivity contribution in [3.8, 4) is 0 Å². The third-order valence-electron chi connectivity index (χ3n) is 1.79. The van der Waals surface area contributed by atoms with Gasteiger partial charge in [0, 0.05) is 18.1 Å². The highest BCUT2D eigenvalue weighted by Gasteiger charge is 1.99. The second-order valence-corrected chi connectivity index (χ2v) is 3.32. The molecule has 2 N–H and O–H groups in total. The molecule has 0 aliphatic carbocycles. The summed E-state index contributed by atoms with van der Waals surface area (Å²) >= 11 is 5.91. The molecule has 15 heavy (non-hydrogen) atoms. The summed E-state index contributed by atoms with van der Waals surface area (Å²) in [5, 5.41) is 12.1. The van der Waals surface area contributed by atoms with Gasteiger partial charge in [0.15, 0.2) is 0 Å². The van der Waals surface area contributed by atoms with E-state index in [2.05, 4.69) is 5.32 Å². The Hall–Kier alpha value is -0.770. The van der Waals surface area contributed by atoms with E-state index in [-0.39, 0.29) is 18.8 Å². The van der Waals surface area contributed by atoms with Crippen molar-refractivity contribution in [2.45, 2.75) is 13.0 Å². The standard InChI is InChI=1S/C10H12ClNO2.ClH/c11-9-4-2-1-3-8(9)7-12-6-5-10(13)14;/h1-4,12H,5-7H2,(H,13,14);1H. The molecule has 1 aromatic rings. The number of carbonyl (C=O) groups is 1. The topological polar surface area (TPSA) is 49.3 Å². The van der Waals surface area contributed by atoms with E-state index in [1.54, 1.807) is 0 Å². The first-order valence-electron chi connectivity index (χ1n) is 4.36. The van der Waals surface area contributed by atoms with Gasteiger partial charge in [-0.05, 0) is 11.6 Å². The number of hydrogen-bond acceptors (Lipinski definition) is 2. The molecule has 3 nitrogen and oxygen atoms in total. The molecule has 0 aliphatic rings. The van der Waals surface area contributed by atoms with Crippen LogP contribution in [0.5, 0.6) is 0 Å². The molecule has 0 atom stereocenters. The summed E-state index contributed by atoms with van der Waals surface area (Å²) in [7, 11) is 0. The van der Waals surface area contributed by atoms with Gasteiger partial charge in [0.1, 0.15) is 0 Å². The van der Waals surface area contributed by atoms with Crippen LogP contribution in [0.25, 0.3) is 0 Å². The fourth-order valence-electron chi connectivity index (χ4n) is 1.06. The van der Waals surface area contributed by atoms with Gasteiger partial charge in [-0.2, -0.15) is 0 Å². The number of halogens is 2. The first-order chi connectivity index (χ1) is 6.70. The molecule has 0 saturated heterocycles. The van der Waals surface area contributed by atoms with Crippen LogP contribution in [0.2, 0.25) is 5.02 Å². The van der Waals surface area contributed by atoms with E-state index in [0.29, 0.717) is 18.1 Å². The highest BCUT2D eigenvalue weighted by Crippen LogP contribution is 2.13.